The molecule has 1 aliphatic carbocycles. The lowest BCUT2D eigenvalue weighted by atomic mass is 9.77. The van der Waals surface area contributed by atoms with Crippen molar-refractivity contribution in [2.45, 2.75) is 96.8 Å². The number of ether oxygens (including phenoxy) is 2. The van der Waals surface area contributed by atoms with Crippen LogP contribution in [0.25, 0.3) is 0 Å². The van der Waals surface area contributed by atoms with Crippen LogP contribution in [0, 0.1) is 5.92 Å². The van der Waals surface area contributed by atoms with Crippen molar-refractivity contribution in [2.75, 3.05) is 6.61 Å². The minimum absolute atomic E-state index is 0.236. The van der Waals surface area contributed by atoms with Gasteiger partial charge in [0.1, 0.15) is 5.75 Å². The fourth-order valence-electron chi connectivity index (χ4n) is 6.00. The topological polar surface area (TPSA) is 69.7 Å². The van der Waals surface area contributed by atoms with E-state index in [0.29, 0.717) is 22.8 Å². The molecule has 1 fully saturated rings. The first kappa shape index (κ1) is 32.2. The molecule has 228 valence electrons. The summed E-state index contributed by atoms with van der Waals surface area (Å²) in [5, 5.41) is 0. The predicted octanol–water partition coefficient (Wildman–Crippen LogP) is 9.53. The van der Waals surface area contributed by atoms with Gasteiger partial charge in [0.2, 0.25) is 0 Å². The Morgan fingerprint density at radius 2 is 1.26 bits per heavy atom. The van der Waals surface area contributed by atoms with Crippen LogP contribution in [0.15, 0.2) is 72.8 Å². The van der Waals surface area contributed by atoms with E-state index in [9.17, 15) is 14.4 Å². The van der Waals surface area contributed by atoms with Gasteiger partial charge in [0.25, 0.3) is 0 Å². The summed E-state index contributed by atoms with van der Waals surface area (Å²) >= 11 is 0. The van der Waals surface area contributed by atoms with Gasteiger partial charge in [-0.1, -0.05) is 88.8 Å². The Kier molecular flexibility index (Phi) is 12.6. The number of Topliss-reactive ketones (excluding diaryl/α,β-unsaturated/α-hetero) is 1. The third-order valence-corrected chi connectivity index (χ3v) is 8.64. The maximum absolute atomic E-state index is 12.7. The fourth-order valence-corrected chi connectivity index (χ4v) is 6.00. The number of esters is 2. The summed E-state index contributed by atoms with van der Waals surface area (Å²) in [7, 11) is 0. The summed E-state index contributed by atoms with van der Waals surface area (Å²) in [6.07, 6.45) is 14.7. The van der Waals surface area contributed by atoms with Gasteiger partial charge in [-0.2, -0.15) is 0 Å². The second-order valence-electron chi connectivity index (χ2n) is 11.9. The first-order chi connectivity index (χ1) is 21.0. The van der Waals surface area contributed by atoms with Crippen LogP contribution in [0.4, 0.5) is 0 Å². The Morgan fingerprint density at radius 1 is 0.651 bits per heavy atom. The Morgan fingerprint density at radius 3 is 1.91 bits per heavy atom. The van der Waals surface area contributed by atoms with Gasteiger partial charge in [-0.3, -0.25) is 4.79 Å². The van der Waals surface area contributed by atoms with E-state index in [1.165, 1.54) is 87.5 Å². The van der Waals surface area contributed by atoms with E-state index in [4.69, 9.17) is 9.47 Å². The zero-order valence-electron chi connectivity index (χ0n) is 25.8. The van der Waals surface area contributed by atoms with Gasteiger partial charge in [-0.25, -0.2) is 9.59 Å². The summed E-state index contributed by atoms with van der Waals surface area (Å²) < 4.78 is 10.8. The van der Waals surface area contributed by atoms with E-state index >= 15 is 0 Å². The molecule has 0 radical (unpaired) electrons. The second-order valence-corrected chi connectivity index (χ2v) is 11.9. The molecule has 5 heteroatoms. The normalized spacial score (nSPS) is 16.4. The molecule has 0 atom stereocenters. The van der Waals surface area contributed by atoms with Crippen molar-refractivity contribution in [2.24, 2.45) is 5.92 Å². The summed E-state index contributed by atoms with van der Waals surface area (Å²) in [6, 6.07) is 21.5. The van der Waals surface area contributed by atoms with Crippen molar-refractivity contribution in [1.82, 2.24) is 0 Å². The molecule has 1 aliphatic rings. The average Bonchev–Trinajstić information content (AvgIpc) is 3.04. The Bertz CT molecular complexity index is 1300. The molecule has 0 aromatic heterocycles. The molecule has 1 saturated carbocycles. The lowest BCUT2D eigenvalue weighted by Gasteiger charge is -2.28. The quantitative estimate of drug-likeness (QED) is 0.0772. The number of carbonyl (C=O) groups is 3. The van der Waals surface area contributed by atoms with E-state index < -0.39 is 11.9 Å². The third kappa shape index (κ3) is 9.91. The largest absolute Gasteiger partial charge is 0.454 e. The molecule has 0 saturated heterocycles. The smallest absolute Gasteiger partial charge is 0.343 e. The average molecular weight is 583 g/mol. The van der Waals surface area contributed by atoms with Crippen molar-refractivity contribution in [3.63, 3.8) is 0 Å². The van der Waals surface area contributed by atoms with E-state index in [1.54, 1.807) is 24.3 Å². The Balaban J connectivity index is 1.20. The van der Waals surface area contributed by atoms with Crippen LogP contribution in [0.1, 0.15) is 133 Å². The molecule has 4 rings (SSSR count). The number of hydrogen-bond donors (Lipinski definition) is 0. The van der Waals surface area contributed by atoms with Gasteiger partial charge in [0.15, 0.2) is 12.4 Å². The first-order valence-electron chi connectivity index (χ1n) is 16.2. The van der Waals surface area contributed by atoms with Gasteiger partial charge in [-0.15, -0.1) is 0 Å². The van der Waals surface area contributed by atoms with Crippen molar-refractivity contribution >= 4 is 17.7 Å². The van der Waals surface area contributed by atoms with Gasteiger partial charge in [0, 0.05) is 5.56 Å². The molecule has 0 aliphatic heterocycles. The summed E-state index contributed by atoms with van der Waals surface area (Å²) in [4.78, 5) is 37.8. The van der Waals surface area contributed by atoms with Crippen molar-refractivity contribution in [1.29, 1.82) is 0 Å². The fraction of sp³-hybridized carbons (Fsp3) is 0.447. The molecule has 0 spiro atoms. The molecule has 5 nitrogen and oxygen atoms in total. The van der Waals surface area contributed by atoms with Crippen molar-refractivity contribution in [3.05, 3.63) is 101 Å². The van der Waals surface area contributed by atoms with Gasteiger partial charge < -0.3 is 9.47 Å². The van der Waals surface area contributed by atoms with Crippen molar-refractivity contribution < 1.29 is 23.9 Å². The highest BCUT2D eigenvalue weighted by Gasteiger charge is 2.22. The number of benzene rings is 3. The Hall–Kier alpha value is -3.73. The number of unbranched alkanes of at least 4 members (excludes halogenated alkanes) is 4. The lowest BCUT2D eigenvalue weighted by molar-refractivity contribution is 0.0474. The highest BCUT2D eigenvalue weighted by molar-refractivity contribution is 5.99. The summed E-state index contributed by atoms with van der Waals surface area (Å²) in [5.41, 5.74) is 3.80. The van der Waals surface area contributed by atoms with Crippen LogP contribution < -0.4 is 4.74 Å². The minimum atomic E-state index is -0.600. The zero-order valence-corrected chi connectivity index (χ0v) is 25.8. The number of hydrogen-bond acceptors (Lipinski definition) is 5. The van der Waals surface area contributed by atoms with Crippen LogP contribution in [-0.2, 0) is 11.2 Å². The van der Waals surface area contributed by atoms with Crippen LogP contribution in [0.5, 0.6) is 5.75 Å². The van der Waals surface area contributed by atoms with E-state index in [0.717, 1.165) is 18.8 Å². The number of aryl methyl sites for hydroxylation is 1. The number of ketones is 1. The molecular weight excluding hydrogens is 536 g/mol. The number of rotatable bonds is 15. The van der Waals surface area contributed by atoms with Crippen LogP contribution in [0.3, 0.4) is 0 Å². The molecule has 43 heavy (non-hydrogen) atoms. The first-order valence-corrected chi connectivity index (χ1v) is 16.2. The van der Waals surface area contributed by atoms with Gasteiger partial charge >= 0.3 is 11.9 Å². The molecule has 0 unspecified atom stereocenters. The highest BCUT2D eigenvalue weighted by atomic mass is 16.5. The van der Waals surface area contributed by atoms with Gasteiger partial charge in [0.05, 0.1) is 11.1 Å². The Labute approximate surface area is 257 Å². The maximum Gasteiger partial charge on any atom is 0.343 e. The molecular formula is C38H46O5. The molecule has 0 amide bonds. The predicted molar refractivity (Wildman–Crippen MR) is 171 cm³/mol. The summed E-state index contributed by atoms with van der Waals surface area (Å²) in [5.74, 6) is 0.465. The third-order valence-electron chi connectivity index (χ3n) is 8.64. The standard InChI is InChI=1S/C38H46O5/c1-3-5-6-7-8-10-29-13-17-34(18-14-29)38(41)43-35-25-23-33(24-26-35)37(40)42-27-36(39)32-21-19-31(20-22-32)30-15-11-28(9-4-2)12-16-30/h13-14,17-26,28,30H,3-12,15-16,27H2,1-2H3. The van der Waals surface area contributed by atoms with Crippen LogP contribution in [0.2, 0.25) is 0 Å². The molecule has 3 aromatic carbocycles. The maximum atomic E-state index is 12.7. The van der Waals surface area contributed by atoms with Crippen molar-refractivity contribution in [3.8, 4) is 5.75 Å². The van der Waals surface area contributed by atoms with Crippen LogP contribution >= 0.6 is 0 Å². The zero-order chi connectivity index (χ0) is 30.4. The molecule has 0 heterocycles. The van der Waals surface area contributed by atoms with Gasteiger partial charge in [-0.05, 0) is 97.9 Å². The van der Waals surface area contributed by atoms with Crippen LogP contribution in [-0.4, -0.2) is 24.3 Å². The van der Waals surface area contributed by atoms with E-state index in [-0.39, 0.29) is 18.0 Å². The highest BCUT2D eigenvalue weighted by Crippen LogP contribution is 2.37. The minimum Gasteiger partial charge on any atom is -0.454 e. The molecule has 0 bridgehead atoms. The SMILES string of the molecule is CCCCCCCc1ccc(C(=O)Oc2ccc(C(=O)OCC(=O)c3ccc(C4CCC(CCC)CC4)cc3)cc2)cc1. The second kappa shape index (κ2) is 16.8. The lowest BCUT2D eigenvalue weighted by Crippen LogP contribution is -2.15. The van der Waals surface area contributed by atoms with E-state index in [2.05, 4.69) is 13.8 Å². The molecule has 3 aromatic rings. The number of carbonyl (C=O) groups excluding carboxylic acids is 3. The summed E-state index contributed by atoms with van der Waals surface area (Å²) in [6.45, 7) is 4.14. The monoisotopic (exact) mass is 582 g/mol. The molecule has 0 N–H and O–H groups in total. The van der Waals surface area contributed by atoms with E-state index in [1.807, 2.05) is 36.4 Å².